The average molecular weight is 366 g/mol. The number of methoxy groups -OCH3 is 1. The summed E-state index contributed by atoms with van der Waals surface area (Å²) in [5.74, 6) is -5.52. The SMILES string of the molecule is COCCCNC(=O)c1ccc(C(=O)Nc2ccc(F)c(F)c2F)cc1. The summed E-state index contributed by atoms with van der Waals surface area (Å²) < 4.78 is 44.5. The Bertz CT molecular complexity index is 795. The molecule has 5 nitrogen and oxygen atoms in total. The van der Waals surface area contributed by atoms with Gasteiger partial charge >= 0.3 is 0 Å². The van der Waals surface area contributed by atoms with Crippen LogP contribution in [0.4, 0.5) is 18.9 Å². The summed E-state index contributed by atoms with van der Waals surface area (Å²) in [6, 6.07) is 7.25. The zero-order chi connectivity index (χ0) is 19.1. The topological polar surface area (TPSA) is 67.4 Å². The van der Waals surface area contributed by atoms with Gasteiger partial charge in [-0.05, 0) is 42.8 Å². The molecule has 0 unspecified atom stereocenters. The Morgan fingerprint density at radius 2 is 1.54 bits per heavy atom. The van der Waals surface area contributed by atoms with Crippen LogP contribution in [0.15, 0.2) is 36.4 Å². The third-order valence-electron chi connectivity index (χ3n) is 3.50. The maximum absolute atomic E-state index is 13.6. The van der Waals surface area contributed by atoms with Crippen LogP contribution in [0.3, 0.4) is 0 Å². The molecule has 0 fully saturated rings. The zero-order valence-corrected chi connectivity index (χ0v) is 13.9. The van der Waals surface area contributed by atoms with Crippen molar-refractivity contribution >= 4 is 17.5 Å². The molecule has 2 amide bonds. The van der Waals surface area contributed by atoms with Gasteiger partial charge in [-0.2, -0.15) is 0 Å². The maximum atomic E-state index is 13.6. The van der Waals surface area contributed by atoms with E-state index in [1.54, 1.807) is 7.11 Å². The van der Waals surface area contributed by atoms with E-state index in [-0.39, 0.29) is 11.5 Å². The molecule has 0 radical (unpaired) electrons. The predicted molar refractivity (Wildman–Crippen MR) is 89.5 cm³/mol. The van der Waals surface area contributed by atoms with Crippen molar-refractivity contribution in [3.8, 4) is 0 Å². The molecule has 26 heavy (non-hydrogen) atoms. The maximum Gasteiger partial charge on any atom is 0.255 e. The molecule has 8 heteroatoms. The van der Waals surface area contributed by atoms with Crippen LogP contribution < -0.4 is 10.6 Å². The number of anilines is 1. The van der Waals surface area contributed by atoms with Crippen LogP contribution in [0.25, 0.3) is 0 Å². The lowest BCUT2D eigenvalue weighted by atomic mass is 10.1. The second-order valence-corrected chi connectivity index (χ2v) is 5.36. The molecule has 2 aromatic rings. The van der Waals surface area contributed by atoms with Gasteiger partial charge in [0.05, 0.1) is 5.69 Å². The molecule has 0 saturated carbocycles. The Balaban J connectivity index is 2.00. The average Bonchev–Trinajstić information content (AvgIpc) is 2.65. The lowest BCUT2D eigenvalue weighted by Crippen LogP contribution is -2.25. The van der Waals surface area contributed by atoms with E-state index in [0.717, 1.165) is 6.07 Å². The summed E-state index contributed by atoms with van der Waals surface area (Å²) in [5, 5.41) is 4.85. The summed E-state index contributed by atoms with van der Waals surface area (Å²) in [6.45, 7) is 0.976. The Hall–Kier alpha value is -2.87. The number of ether oxygens (including phenoxy) is 1. The predicted octanol–water partition coefficient (Wildman–Crippen LogP) is 3.12. The van der Waals surface area contributed by atoms with E-state index in [2.05, 4.69) is 10.6 Å². The first-order valence-corrected chi connectivity index (χ1v) is 7.76. The monoisotopic (exact) mass is 366 g/mol. The van der Waals surface area contributed by atoms with E-state index < -0.39 is 29.0 Å². The normalized spacial score (nSPS) is 10.5. The Morgan fingerprint density at radius 1 is 0.923 bits per heavy atom. The molecule has 2 rings (SSSR count). The Labute approximate surface area is 148 Å². The first-order chi connectivity index (χ1) is 12.4. The lowest BCUT2D eigenvalue weighted by Gasteiger charge is -2.08. The minimum atomic E-state index is -1.66. The summed E-state index contributed by atoms with van der Waals surface area (Å²) in [4.78, 5) is 24.0. The number of nitrogens with one attached hydrogen (secondary N) is 2. The van der Waals surface area contributed by atoms with Gasteiger partial charge in [0.25, 0.3) is 11.8 Å². The van der Waals surface area contributed by atoms with E-state index in [9.17, 15) is 22.8 Å². The molecule has 0 atom stereocenters. The van der Waals surface area contributed by atoms with E-state index in [1.807, 2.05) is 0 Å². The fourth-order valence-electron chi connectivity index (χ4n) is 2.11. The van der Waals surface area contributed by atoms with Gasteiger partial charge in [0, 0.05) is 31.4 Å². The molecule has 0 aliphatic heterocycles. The molecule has 0 aliphatic rings. The second kappa shape index (κ2) is 9.00. The van der Waals surface area contributed by atoms with E-state index in [4.69, 9.17) is 4.74 Å². The minimum Gasteiger partial charge on any atom is -0.385 e. The molecular weight excluding hydrogens is 349 g/mol. The second-order valence-electron chi connectivity index (χ2n) is 5.36. The molecular formula is C18H17F3N2O3. The summed E-state index contributed by atoms with van der Waals surface area (Å²) in [6.07, 6.45) is 0.669. The van der Waals surface area contributed by atoms with Crippen LogP contribution in [-0.2, 0) is 4.74 Å². The number of rotatable bonds is 7. The fourth-order valence-corrected chi connectivity index (χ4v) is 2.11. The third-order valence-corrected chi connectivity index (χ3v) is 3.50. The van der Waals surface area contributed by atoms with Crippen molar-refractivity contribution in [1.29, 1.82) is 0 Å². The number of benzene rings is 2. The van der Waals surface area contributed by atoms with Crippen LogP contribution in [0.1, 0.15) is 27.1 Å². The van der Waals surface area contributed by atoms with Crippen molar-refractivity contribution in [3.63, 3.8) is 0 Å². The van der Waals surface area contributed by atoms with E-state index in [1.165, 1.54) is 24.3 Å². The van der Waals surface area contributed by atoms with Gasteiger partial charge in [-0.25, -0.2) is 13.2 Å². The minimum absolute atomic E-state index is 0.130. The molecule has 2 N–H and O–H groups in total. The van der Waals surface area contributed by atoms with Crippen LogP contribution in [-0.4, -0.2) is 32.1 Å². The van der Waals surface area contributed by atoms with Crippen molar-refractivity contribution in [3.05, 3.63) is 65.0 Å². The first-order valence-electron chi connectivity index (χ1n) is 7.76. The Kier molecular flexibility index (Phi) is 6.74. The van der Waals surface area contributed by atoms with Crippen molar-refractivity contribution in [2.75, 3.05) is 25.6 Å². The first kappa shape index (κ1) is 19.5. The summed E-state index contributed by atoms with van der Waals surface area (Å²) in [7, 11) is 1.57. The molecule has 0 saturated heterocycles. The van der Waals surface area contributed by atoms with E-state index in [0.29, 0.717) is 31.2 Å². The van der Waals surface area contributed by atoms with Gasteiger partial charge in [0.15, 0.2) is 17.5 Å². The van der Waals surface area contributed by atoms with Crippen molar-refractivity contribution in [2.24, 2.45) is 0 Å². The van der Waals surface area contributed by atoms with Gasteiger partial charge < -0.3 is 15.4 Å². The highest BCUT2D eigenvalue weighted by Crippen LogP contribution is 2.20. The zero-order valence-electron chi connectivity index (χ0n) is 13.9. The highest BCUT2D eigenvalue weighted by molar-refractivity contribution is 6.05. The standard InChI is InChI=1S/C18H17F3N2O3/c1-26-10-2-9-22-17(24)11-3-5-12(6-4-11)18(25)23-14-8-7-13(19)15(20)16(14)21/h3-8H,2,9-10H2,1H3,(H,22,24)(H,23,25). The Morgan fingerprint density at radius 3 is 2.15 bits per heavy atom. The van der Waals surface area contributed by atoms with E-state index >= 15 is 0 Å². The number of amides is 2. The van der Waals surface area contributed by atoms with Crippen molar-refractivity contribution < 1.29 is 27.5 Å². The summed E-state index contributed by atoms with van der Waals surface area (Å²) in [5.41, 5.74) is -0.00287. The molecule has 138 valence electrons. The van der Waals surface area contributed by atoms with Crippen LogP contribution in [0.5, 0.6) is 0 Å². The van der Waals surface area contributed by atoms with Gasteiger partial charge in [0.2, 0.25) is 0 Å². The molecule has 2 aromatic carbocycles. The van der Waals surface area contributed by atoms with Gasteiger partial charge in [-0.1, -0.05) is 0 Å². The number of hydrogen-bond donors (Lipinski definition) is 2. The van der Waals surface area contributed by atoms with Gasteiger partial charge in [0.1, 0.15) is 0 Å². The smallest absolute Gasteiger partial charge is 0.255 e. The van der Waals surface area contributed by atoms with Crippen LogP contribution in [0.2, 0.25) is 0 Å². The molecule has 0 aromatic heterocycles. The quantitative estimate of drug-likeness (QED) is 0.584. The molecule has 0 bridgehead atoms. The lowest BCUT2D eigenvalue weighted by molar-refractivity contribution is 0.0946. The number of carbonyl (C=O) groups is 2. The van der Waals surface area contributed by atoms with Crippen LogP contribution >= 0.6 is 0 Å². The highest BCUT2D eigenvalue weighted by atomic mass is 19.2. The largest absolute Gasteiger partial charge is 0.385 e. The van der Waals surface area contributed by atoms with Gasteiger partial charge in [-0.15, -0.1) is 0 Å². The number of hydrogen-bond acceptors (Lipinski definition) is 3. The van der Waals surface area contributed by atoms with Gasteiger partial charge in [-0.3, -0.25) is 9.59 Å². The third kappa shape index (κ3) is 4.82. The van der Waals surface area contributed by atoms with Crippen molar-refractivity contribution in [1.82, 2.24) is 5.32 Å². The number of carbonyl (C=O) groups excluding carboxylic acids is 2. The fraction of sp³-hybridized carbons (Fsp3) is 0.222. The summed E-state index contributed by atoms with van der Waals surface area (Å²) >= 11 is 0. The van der Waals surface area contributed by atoms with Crippen LogP contribution in [0, 0.1) is 17.5 Å². The molecule has 0 aliphatic carbocycles. The van der Waals surface area contributed by atoms with Crippen molar-refractivity contribution in [2.45, 2.75) is 6.42 Å². The molecule has 0 heterocycles. The highest BCUT2D eigenvalue weighted by Gasteiger charge is 2.16. The number of halogens is 3. The molecule has 0 spiro atoms.